The summed E-state index contributed by atoms with van der Waals surface area (Å²) in [5.74, 6) is -1.21. The molecule has 2 N–H and O–H groups in total. The SMILES string of the molecule is COc1cccc2c1C(=O)C(NCCOC(=O)C(C)NC(C)=O)=C(C)C2=O. The number of carbonyl (C=O) groups is 4. The van der Waals surface area contributed by atoms with Crippen molar-refractivity contribution >= 4 is 23.4 Å². The number of ether oxygens (including phenoxy) is 2. The van der Waals surface area contributed by atoms with Crippen molar-refractivity contribution in [2.45, 2.75) is 26.8 Å². The summed E-state index contributed by atoms with van der Waals surface area (Å²) in [4.78, 5) is 48.0. The second-order valence-electron chi connectivity index (χ2n) is 6.06. The lowest BCUT2D eigenvalue weighted by atomic mass is 9.87. The van der Waals surface area contributed by atoms with E-state index in [2.05, 4.69) is 10.6 Å². The molecule has 0 saturated heterocycles. The summed E-state index contributed by atoms with van der Waals surface area (Å²) in [5.41, 5.74) is 0.967. The Morgan fingerprint density at radius 3 is 2.52 bits per heavy atom. The molecule has 1 aliphatic rings. The number of fused-ring (bicyclic) bond motifs is 1. The summed E-state index contributed by atoms with van der Waals surface area (Å²) >= 11 is 0. The van der Waals surface area contributed by atoms with Crippen molar-refractivity contribution in [2.75, 3.05) is 20.3 Å². The van der Waals surface area contributed by atoms with Gasteiger partial charge in [0.1, 0.15) is 18.4 Å². The van der Waals surface area contributed by atoms with E-state index < -0.39 is 12.0 Å². The molecule has 0 fully saturated rings. The zero-order valence-corrected chi connectivity index (χ0v) is 15.7. The van der Waals surface area contributed by atoms with Crippen molar-refractivity contribution in [3.8, 4) is 5.75 Å². The number of rotatable bonds is 7. The van der Waals surface area contributed by atoms with Gasteiger partial charge in [0.25, 0.3) is 0 Å². The van der Waals surface area contributed by atoms with E-state index in [0.717, 1.165) is 0 Å². The fourth-order valence-corrected chi connectivity index (χ4v) is 2.76. The van der Waals surface area contributed by atoms with Gasteiger partial charge in [-0.05, 0) is 19.9 Å². The third-order valence-corrected chi connectivity index (χ3v) is 4.08. The minimum atomic E-state index is -0.766. The van der Waals surface area contributed by atoms with Gasteiger partial charge in [-0.15, -0.1) is 0 Å². The van der Waals surface area contributed by atoms with Crippen LogP contribution >= 0.6 is 0 Å². The zero-order valence-electron chi connectivity index (χ0n) is 15.7. The third kappa shape index (κ3) is 4.33. The van der Waals surface area contributed by atoms with Gasteiger partial charge in [0.15, 0.2) is 5.78 Å². The zero-order chi connectivity index (χ0) is 20.1. The molecule has 0 aromatic heterocycles. The topological polar surface area (TPSA) is 111 Å². The van der Waals surface area contributed by atoms with E-state index in [0.29, 0.717) is 16.9 Å². The van der Waals surface area contributed by atoms with Gasteiger partial charge in [0.05, 0.1) is 18.4 Å². The number of benzene rings is 1. The van der Waals surface area contributed by atoms with E-state index in [4.69, 9.17) is 9.47 Å². The summed E-state index contributed by atoms with van der Waals surface area (Å²) in [6.45, 7) is 4.49. The Morgan fingerprint density at radius 1 is 1.19 bits per heavy atom. The van der Waals surface area contributed by atoms with E-state index in [1.54, 1.807) is 25.1 Å². The molecule has 144 valence electrons. The average Bonchev–Trinajstić information content (AvgIpc) is 2.64. The number of esters is 1. The second kappa shape index (κ2) is 8.48. The fraction of sp³-hybridized carbons (Fsp3) is 0.368. The Morgan fingerprint density at radius 2 is 1.89 bits per heavy atom. The normalized spacial score (nSPS) is 14.4. The smallest absolute Gasteiger partial charge is 0.328 e. The Kier molecular flexibility index (Phi) is 6.33. The van der Waals surface area contributed by atoms with E-state index in [9.17, 15) is 19.2 Å². The van der Waals surface area contributed by atoms with E-state index in [-0.39, 0.29) is 41.9 Å². The number of carbonyl (C=O) groups excluding carboxylic acids is 4. The number of ketones is 2. The fourth-order valence-electron chi connectivity index (χ4n) is 2.76. The van der Waals surface area contributed by atoms with E-state index >= 15 is 0 Å². The molecule has 1 amide bonds. The Bertz CT molecular complexity index is 827. The molecule has 0 saturated carbocycles. The molecule has 0 aliphatic heterocycles. The summed E-state index contributed by atoms with van der Waals surface area (Å²) in [6, 6.07) is 4.10. The molecule has 0 spiro atoms. The molecule has 27 heavy (non-hydrogen) atoms. The van der Waals surface area contributed by atoms with Gasteiger partial charge in [-0.1, -0.05) is 12.1 Å². The molecule has 1 aromatic carbocycles. The minimum Gasteiger partial charge on any atom is -0.496 e. The quantitative estimate of drug-likeness (QED) is 0.541. The predicted octanol–water partition coefficient (Wildman–Crippen LogP) is 1.01. The van der Waals surface area contributed by atoms with Gasteiger partial charge in [-0.3, -0.25) is 14.4 Å². The molecule has 8 nitrogen and oxygen atoms in total. The summed E-state index contributed by atoms with van der Waals surface area (Å²) < 4.78 is 10.3. The Labute approximate surface area is 156 Å². The maximum Gasteiger partial charge on any atom is 0.328 e. The summed E-state index contributed by atoms with van der Waals surface area (Å²) in [7, 11) is 1.43. The van der Waals surface area contributed by atoms with Crippen LogP contribution in [0.3, 0.4) is 0 Å². The molecule has 1 unspecified atom stereocenters. The van der Waals surface area contributed by atoms with Crippen LogP contribution in [0.4, 0.5) is 0 Å². The van der Waals surface area contributed by atoms with Crippen molar-refractivity contribution in [2.24, 2.45) is 0 Å². The molecule has 0 radical (unpaired) electrons. The van der Waals surface area contributed by atoms with E-state index in [1.807, 2.05) is 0 Å². The maximum absolute atomic E-state index is 12.8. The first kappa shape index (κ1) is 20.2. The lowest BCUT2D eigenvalue weighted by molar-refractivity contribution is -0.147. The largest absolute Gasteiger partial charge is 0.496 e. The Balaban J connectivity index is 2.03. The highest BCUT2D eigenvalue weighted by Gasteiger charge is 2.32. The number of hydrogen-bond acceptors (Lipinski definition) is 7. The number of amides is 1. The molecule has 8 heteroatoms. The van der Waals surface area contributed by atoms with Crippen molar-refractivity contribution in [1.29, 1.82) is 0 Å². The van der Waals surface area contributed by atoms with Crippen LogP contribution in [0.2, 0.25) is 0 Å². The number of methoxy groups -OCH3 is 1. The van der Waals surface area contributed by atoms with Crippen LogP contribution in [-0.4, -0.2) is 49.7 Å². The summed E-state index contributed by atoms with van der Waals surface area (Å²) in [5, 5.41) is 5.29. The van der Waals surface area contributed by atoms with Crippen LogP contribution in [0.1, 0.15) is 41.5 Å². The number of hydrogen-bond donors (Lipinski definition) is 2. The standard InChI is InChI=1S/C19H22N2O6/c1-10-16(20-8-9-27-19(25)11(2)21-12(3)22)18(24)15-13(17(10)23)6-5-7-14(15)26-4/h5-7,11,20H,8-9H2,1-4H3,(H,21,22). The second-order valence-corrected chi connectivity index (χ2v) is 6.06. The number of allylic oxidation sites excluding steroid dienone is 2. The highest BCUT2D eigenvalue weighted by molar-refractivity contribution is 6.27. The van der Waals surface area contributed by atoms with Crippen LogP contribution in [0.5, 0.6) is 5.75 Å². The van der Waals surface area contributed by atoms with Crippen molar-refractivity contribution in [1.82, 2.24) is 10.6 Å². The molecule has 1 aliphatic carbocycles. The molecule has 1 atom stereocenters. The first-order chi connectivity index (χ1) is 12.8. The lowest BCUT2D eigenvalue weighted by Crippen LogP contribution is -2.39. The van der Waals surface area contributed by atoms with Gasteiger partial charge < -0.3 is 20.1 Å². The van der Waals surface area contributed by atoms with Gasteiger partial charge in [-0.25, -0.2) is 4.79 Å². The van der Waals surface area contributed by atoms with Gasteiger partial charge in [-0.2, -0.15) is 0 Å². The van der Waals surface area contributed by atoms with Crippen molar-refractivity contribution in [3.63, 3.8) is 0 Å². The molecule has 1 aromatic rings. The maximum atomic E-state index is 12.8. The molecule has 0 bridgehead atoms. The van der Waals surface area contributed by atoms with Gasteiger partial charge in [0, 0.05) is 24.6 Å². The van der Waals surface area contributed by atoms with Gasteiger partial charge >= 0.3 is 5.97 Å². The number of Topliss-reactive ketones (excluding diaryl/α,β-unsaturated/α-hetero) is 2. The monoisotopic (exact) mass is 374 g/mol. The molecule has 0 heterocycles. The van der Waals surface area contributed by atoms with Crippen LogP contribution < -0.4 is 15.4 Å². The first-order valence-corrected chi connectivity index (χ1v) is 8.42. The summed E-state index contributed by atoms with van der Waals surface area (Å²) in [6.07, 6.45) is 0. The van der Waals surface area contributed by atoms with Crippen LogP contribution in [0.25, 0.3) is 0 Å². The Hall–Kier alpha value is -3.16. The first-order valence-electron chi connectivity index (χ1n) is 8.42. The number of nitrogens with one attached hydrogen (secondary N) is 2. The minimum absolute atomic E-state index is 0.0280. The van der Waals surface area contributed by atoms with Crippen molar-refractivity contribution in [3.05, 3.63) is 40.6 Å². The highest BCUT2D eigenvalue weighted by Crippen LogP contribution is 2.31. The lowest BCUT2D eigenvalue weighted by Gasteiger charge is -2.22. The van der Waals surface area contributed by atoms with Crippen LogP contribution in [0, 0.1) is 0 Å². The third-order valence-electron chi connectivity index (χ3n) is 4.08. The molecular weight excluding hydrogens is 352 g/mol. The highest BCUT2D eigenvalue weighted by atomic mass is 16.5. The van der Waals surface area contributed by atoms with Crippen LogP contribution in [-0.2, 0) is 14.3 Å². The van der Waals surface area contributed by atoms with E-state index in [1.165, 1.54) is 21.0 Å². The van der Waals surface area contributed by atoms with Crippen LogP contribution in [0.15, 0.2) is 29.5 Å². The molecule has 2 rings (SSSR count). The van der Waals surface area contributed by atoms with Gasteiger partial charge in [0.2, 0.25) is 11.7 Å². The predicted molar refractivity (Wildman–Crippen MR) is 96.6 cm³/mol. The average molecular weight is 374 g/mol. The molecular formula is C19H22N2O6. The van der Waals surface area contributed by atoms with Crippen molar-refractivity contribution < 1.29 is 28.7 Å².